The van der Waals surface area contributed by atoms with Gasteiger partial charge >= 0.3 is 0 Å². The fraction of sp³-hybridized carbons (Fsp3) is 0.889. The zero-order chi connectivity index (χ0) is 16.1. The number of hydrogen-bond acceptors (Lipinski definition) is 2. The number of carbonyl (C=O) groups is 2. The second kappa shape index (κ2) is 7.98. The Kier molecular flexibility index (Phi) is 6.27. The van der Waals surface area contributed by atoms with Crippen molar-refractivity contribution < 1.29 is 9.59 Å². The maximum Gasteiger partial charge on any atom is 0.226 e. The van der Waals surface area contributed by atoms with Crippen LogP contribution in [0.25, 0.3) is 0 Å². The number of hydrogen-bond donors (Lipinski definition) is 0. The van der Waals surface area contributed by atoms with Gasteiger partial charge in [0.15, 0.2) is 0 Å². The average Bonchev–Trinajstić information content (AvgIpc) is 3.39. The van der Waals surface area contributed by atoms with E-state index in [1.165, 1.54) is 0 Å². The standard InChI is InChI=1S/C18H32N2O2/c1-4-6-11-20(14(3)5-2)18(22)16-9-12-19(13-10-16)17(21)15-7-8-15/h14-16H,4-13H2,1-3H3. The van der Waals surface area contributed by atoms with Crippen molar-refractivity contribution in [1.29, 1.82) is 0 Å². The van der Waals surface area contributed by atoms with Crippen LogP contribution in [0.5, 0.6) is 0 Å². The van der Waals surface area contributed by atoms with Crippen molar-refractivity contribution in [2.75, 3.05) is 19.6 Å². The van der Waals surface area contributed by atoms with Gasteiger partial charge in [-0.15, -0.1) is 0 Å². The molecule has 1 aliphatic carbocycles. The van der Waals surface area contributed by atoms with Crippen molar-refractivity contribution in [2.45, 2.75) is 71.8 Å². The summed E-state index contributed by atoms with van der Waals surface area (Å²) in [6, 6.07) is 0.324. The Balaban J connectivity index is 1.87. The Hall–Kier alpha value is -1.06. The fourth-order valence-electron chi connectivity index (χ4n) is 3.27. The molecule has 1 atom stereocenters. The molecule has 4 heteroatoms. The van der Waals surface area contributed by atoms with Crippen LogP contribution in [-0.4, -0.2) is 47.3 Å². The quantitative estimate of drug-likeness (QED) is 0.725. The molecule has 2 amide bonds. The van der Waals surface area contributed by atoms with Gasteiger partial charge in [0.05, 0.1) is 0 Å². The molecule has 0 spiro atoms. The van der Waals surface area contributed by atoms with Gasteiger partial charge in [-0.25, -0.2) is 0 Å². The Morgan fingerprint density at radius 2 is 1.73 bits per heavy atom. The summed E-state index contributed by atoms with van der Waals surface area (Å²) in [4.78, 5) is 29.0. The van der Waals surface area contributed by atoms with E-state index in [9.17, 15) is 9.59 Å². The maximum atomic E-state index is 12.8. The first-order valence-corrected chi connectivity index (χ1v) is 9.17. The third-order valence-corrected chi connectivity index (χ3v) is 5.24. The molecular weight excluding hydrogens is 276 g/mol. The van der Waals surface area contributed by atoms with E-state index < -0.39 is 0 Å². The monoisotopic (exact) mass is 308 g/mol. The minimum Gasteiger partial charge on any atom is -0.342 e. The first kappa shape index (κ1) is 17.3. The molecule has 0 aromatic rings. The molecule has 4 nitrogen and oxygen atoms in total. The fourth-order valence-corrected chi connectivity index (χ4v) is 3.27. The predicted octanol–water partition coefficient (Wildman–Crippen LogP) is 3.06. The van der Waals surface area contributed by atoms with Gasteiger partial charge in [0.2, 0.25) is 11.8 Å². The van der Waals surface area contributed by atoms with Crippen LogP contribution >= 0.6 is 0 Å². The number of rotatable bonds is 7. The van der Waals surface area contributed by atoms with E-state index in [1.807, 2.05) is 4.90 Å². The van der Waals surface area contributed by atoms with Crippen LogP contribution in [0.4, 0.5) is 0 Å². The molecule has 0 radical (unpaired) electrons. The summed E-state index contributed by atoms with van der Waals surface area (Å²) in [5.41, 5.74) is 0. The lowest BCUT2D eigenvalue weighted by atomic mass is 9.94. The molecule has 22 heavy (non-hydrogen) atoms. The van der Waals surface area contributed by atoms with Gasteiger partial charge in [-0.1, -0.05) is 20.3 Å². The molecule has 126 valence electrons. The van der Waals surface area contributed by atoms with Crippen LogP contribution in [0.15, 0.2) is 0 Å². The largest absolute Gasteiger partial charge is 0.342 e. The van der Waals surface area contributed by atoms with Gasteiger partial charge in [0.25, 0.3) is 0 Å². The first-order valence-electron chi connectivity index (χ1n) is 9.17. The summed E-state index contributed by atoms with van der Waals surface area (Å²) in [7, 11) is 0. The molecule has 0 N–H and O–H groups in total. The molecule has 0 bridgehead atoms. The van der Waals surface area contributed by atoms with Gasteiger partial charge < -0.3 is 9.80 Å². The van der Waals surface area contributed by atoms with E-state index in [1.54, 1.807) is 0 Å². The number of amides is 2. The summed E-state index contributed by atoms with van der Waals surface area (Å²) in [5.74, 6) is 1.07. The molecule has 0 aromatic carbocycles. The highest BCUT2D eigenvalue weighted by molar-refractivity contribution is 5.82. The minimum absolute atomic E-state index is 0.120. The molecule has 1 aliphatic heterocycles. The van der Waals surface area contributed by atoms with Crippen molar-refractivity contribution in [2.24, 2.45) is 11.8 Å². The van der Waals surface area contributed by atoms with Crippen LogP contribution in [0.2, 0.25) is 0 Å². The number of likely N-dealkylation sites (tertiary alicyclic amines) is 1. The predicted molar refractivity (Wildman–Crippen MR) is 88.4 cm³/mol. The van der Waals surface area contributed by atoms with Crippen molar-refractivity contribution in [1.82, 2.24) is 9.80 Å². The normalized spacial score (nSPS) is 20.8. The molecule has 2 aliphatic rings. The number of carbonyl (C=O) groups excluding carboxylic acids is 2. The van der Waals surface area contributed by atoms with Crippen LogP contribution < -0.4 is 0 Å². The van der Waals surface area contributed by atoms with Gasteiger partial charge in [-0.2, -0.15) is 0 Å². The van der Waals surface area contributed by atoms with Crippen LogP contribution in [0.1, 0.15) is 65.7 Å². The lowest BCUT2D eigenvalue weighted by Crippen LogP contribution is -2.47. The Morgan fingerprint density at radius 3 is 2.23 bits per heavy atom. The van der Waals surface area contributed by atoms with Gasteiger partial charge in [-0.05, 0) is 45.4 Å². The lowest BCUT2D eigenvalue weighted by Gasteiger charge is -2.36. The minimum atomic E-state index is 0.120. The Bertz CT molecular complexity index is 385. The van der Waals surface area contributed by atoms with Crippen LogP contribution in [0.3, 0.4) is 0 Å². The highest BCUT2D eigenvalue weighted by atomic mass is 16.2. The third-order valence-electron chi connectivity index (χ3n) is 5.24. The van der Waals surface area contributed by atoms with E-state index >= 15 is 0 Å². The van der Waals surface area contributed by atoms with Crippen LogP contribution in [0, 0.1) is 11.8 Å². The van der Waals surface area contributed by atoms with Gasteiger partial charge in [0.1, 0.15) is 0 Å². The van der Waals surface area contributed by atoms with E-state index in [-0.39, 0.29) is 5.92 Å². The Morgan fingerprint density at radius 1 is 1.09 bits per heavy atom. The van der Waals surface area contributed by atoms with Crippen molar-refractivity contribution in [3.8, 4) is 0 Å². The molecule has 2 rings (SSSR count). The molecule has 1 heterocycles. The van der Waals surface area contributed by atoms with E-state index in [2.05, 4.69) is 25.7 Å². The van der Waals surface area contributed by atoms with Crippen molar-refractivity contribution in [3.05, 3.63) is 0 Å². The molecule has 1 saturated heterocycles. The number of unbranched alkanes of at least 4 members (excludes halogenated alkanes) is 1. The maximum absolute atomic E-state index is 12.8. The zero-order valence-electron chi connectivity index (χ0n) is 14.5. The third kappa shape index (κ3) is 4.23. The molecule has 1 saturated carbocycles. The molecular formula is C18H32N2O2. The van der Waals surface area contributed by atoms with E-state index in [4.69, 9.17) is 0 Å². The molecule has 1 unspecified atom stereocenters. The second-order valence-corrected chi connectivity index (χ2v) is 7.02. The van der Waals surface area contributed by atoms with Crippen molar-refractivity contribution >= 4 is 11.8 Å². The molecule has 2 fully saturated rings. The van der Waals surface area contributed by atoms with Crippen LogP contribution in [-0.2, 0) is 9.59 Å². The summed E-state index contributed by atoms with van der Waals surface area (Å²) in [6.45, 7) is 8.89. The molecule has 0 aromatic heterocycles. The highest BCUT2D eigenvalue weighted by Gasteiger charge is 2.37. The Labute approximate surface area is 135 Å². The van der Waals surface area contributed by atoms with Gasteiger partial charge in [0, 0.05) is 37.5 Å². The summed E-state index contributed by atoms with van der Waals surface area (Å²) < 4.78 is 0. The number of piperidine rings is 1. The summed E-state index contributed by atoms with van der Waals surface area (Å²) in [6.07, 6.45) is 7.03. The highest BCUT2D eigenvalue weighted by Crippen LogP contribution is 2.32. The second-order valence-electron chi connectivity index (χ2n) is 7.02. The average molecular weight is 308 g/mol. The van der Waals surface area contributed by atoms with Gasteiger partial charge in [-0.3, -0.25) is 9.59 Å². The van der Waals surface area contributed by atoms with Crippen molar-refractivity contribution in [3.63, 3.8) is 0 Å². The summed E-state index contributed by atoms with van der Waals surface area (Å²) >= 11 is 0. The number of nitrogens with zero attached hydrogens (tertiary/aromatic N) is 2. The summed E-state index contributed by atoms with van der Waals surface area (Å²) in [5, 5.41) is 0. The lowest BCUT2D eigenvalue weighted by molar-refractivity contribution is -0.142. The first-order chi connectivity index (χ1) is 10.6. The SMILES string of the molecule is CCCCN(C(=O)C1CCN(C(=O)C2CC2)CC1)C(C)CC. The smallest absolute Gasteiger partial charge is 0.226 e. The van der Waals surface area contributed by atoms with E-state index in [0.29, 0.717) is 23.8 Å². The zero-order valence-corrected chi connectivity index (χ0v) is 14.5. The topological polar surface area (TPSA) is 40.6 Å². The van der Waals surface area contributed by atoms with E-state index in [0.717, 1.165) is 64.6 Å².